The van der Waals surface area contributed by atoms with Crippen LogP contribution in [0.15, 0.2) is 41.1 Å². The minimum absolute atomic E-state index is 0.216. The molecule has 1 atom stereocenters. The van der Waals surface area contributed by atoms with Crippen LogP contribution in [0.25, 0.3) is 0 Å². The number of halogens is 2. The van der Waals surface area contributed by atoms with Gasteiger partial charge in [-0.25, -0.2) is 4.39 Å². The molecule has 0 amide bonds. The van der Waals surface area contributed by atoms with Crippen LogP contribution in [0.1, 0.15) is 0 Å². The fraction of sp³-hybridized carbons (Fsp3) is 0.250. The maximum Gasteiger partial charge on any atom is 0.218 e. The van der Waals surface area contributed by atoms with Gasteiger partial charge in [-0.15, -0.1) is 11.7 Å². The maximum absolute atomic E-state index is 12.9. The van der Waals surface area contributed by atoms with Crippen LogP contribution in [-0.2, 0) is 0 Å². The average Bonchev–Trinajstić information content (AvgIpc) is 2.71. The van der Waals surface area contributed by atoms with Gasteiger partial charge in [-0.3, -0.25) is 0 Å². The first kappa shape index (κ1) is 13.9. The zero-order chi connectivity index (χ0) is 13.8. The average molecular weight is 300 g/mol. The van der Waals surface area contributed by atoms with E-state index in [0.29, 0.717) is 17.4 Å². The highest BCUT2D eigenvalue weighted by Gasteiger charge is 2.26. The lowest BCUT2D eigenvalue weighted by Crippen LogP contribution is -2.36. The SMILES string of the molecule is C=CCN1C(=S)N=NC1COc1ccc(F)cc1Cl. The zero-order valence-electron chi connectivity index (χ0n) is 9.92. The van der Waals surface area contributed by atoms with E-state index in [4.69, 9.17) is 28.6 Å². The van der Waals surface area contributed by atoms with Crippen LogP contribution < -0.4 is 4.74 Å². The number of benzene rings is 1. The molecule has 1 aliphatic heterocycles. The van der Waals surface area contributed by atoms with Crippen molar-refractivity contribution in [3.8, 4) is 5.75 Å². The Balaban J connectivity index is 2.00. The highest BCUT2D eigenvalue weighted by molar-refractivity contribution is 7.80. The predicted octanol–water partition coefficient (Wildman–Crippen LogP) is 3.42. The molecule has 2 rings (SSSR count). The van der Waals surface area contributed by atoms with E-state index >= 15 is 0 Å². The summed E-state index contributed by atoms with van der Waals surface area (Å²) in [7, 11) is 0. The van der Waals surface area contributed by atoms with Crippen molar-refractivity contribution < 1.29 is 9.13 Å². The monoisotopic (exact) mass is 299 g/mol. The van der Waals surface area contributed by atoms with E-state index in [1.165, 1.54) is 18.2 Å². The van der Waals surface area contributed by atoms with Crippen LogP contribution in [0, 0.1) is 5.82 Å². The predicted molar refractivity (Wildman–Crippen MR) is 75.1 cm³/mol. The highest BCUT2D eigenvalue weighted by Crippen LogP contribution is 2.25. The molecular weight excluding hydrogens is 289 g/mol. The van der Waals surface area contributed by atoms with Gasteiger partial charge in [0.05, 0.1) is 5.02 Å². The summed E-state index contributed by atoms with van der Waals surface area (Å²) >= 11 is 10.9. The van der Waals surface area contributed by atoms with Crippen molar-refractivity contribution in [1.29, 1.82) is 0 Å². The number of rotatable bonds is 5. The largest absolute Gasteiger partial charge is 0.488 e. The molecule has 1 unspecified atom stereocenters. The van der Waals surface area contributed by atoms with Crippen LogP contribution in [-0.4, -0.2) is 29.3 Å². The van der Waals surface area contributed by atoms with E-state index in [1.54, 1.807) is 11.0 Å². The Bertz CT molecular complexity index is 538. The molecule has 100 valence electrons. The fourth-order valence-electron chi connectivity index (χ4n) is 1.58. The first-order valence-corrected chi connectivity index (χ1v) is 6.30. The summed E-state index contributed by atoms with van der Waals surface area (Å²) in [5, 5.41) is 8.44. The number of thiocarbonyl (C=S) groups is 1. The molecule has 4 nitrogen and oxygen atoms in total. The Kier molecular flexibility index (Phi) is 4.44. The summed E-state index contributed by atoms with van der Waals surface area (Å²) < 4.78 is 18.4. The van der Waals surface area contributed by atoms with Gasteiger partial charge in [0, 0.05) is 6.54 Å². The number of nitrogens with zero attached hydrogens (tertiary/aromatic N) is 3. The molecule has 0 aromatic heterocycles. The minimum atomic E-state index is -0.410. The minimum Gasteiger partial charge on any atom is -0.488 e. The molecule has 0 spiro atoms. The van der Waals surface area contributed by atoms with E-state index in [0.717, 1.165) is 0 Å². The Hall–Kier alpha value is -1.53. The van der Waals surface area contributed by atoms with Crippen molar-refractivity contribution >= 4 is 28.9 Å². The van der Waals surface area contributed by atoms with E-state index in [1.807, 2.05) is 0 Å². The number of hydrogen-bond acceptors (Lipinski definition) is 3. The molecule has 19 heavy (non-hydrogen) atoms. The Morgan fingerprint density at radius 1 is 1.58 bits per heavy atom. The summed E-state index contributed by atoms with van der Waals surface area (Å²) in [4.78, 5) is 1.78. The van der Waals surface area contributed by atoms with Gasteiger partial charge >= 0.3 is 0 Å². The standard InChI is InChI=1S/C12H11ClFN3OS/c1-2-5-17-11(15-16-12(17)19)7-18-10-4-3-8(14)6-9(10)13/h2-4,6,11H,1,5,7H2. The lowest BCUT2D eigenvalue weighted by molar-refractivity contribution is 0.220. The van der Waals surface area contributed by atoms with Crippen molar-refractivity contribution in [1.82, 2.24) is 4.90 Å². The molecule has 1 aromatic carbocycles. The number of azo groups is 1. The molecule has 0 fully saturated rings. The van der Waals surface area contributed by atoms with E-state index in [2.05, 4.69) is 16.8 Å². The number of hydrogen-bond donors (Lipinski definition) is 0. The second kappa shape index (κ2) is 6.08. The van der Waals surface area contributed by atoms with Crippen molar-refractivity contribution in [2.24, 2.45) is 10.2 Å². The second-order valence-corrected chi connectivity index (χ2v) is 4.58. The van der Waals surface area contributed by atoms with E-state index < -0.39 is 5.82 Å². The van der Waals surface area contributed by atoms with Gasteiger partial charge in [-0.1, -0.05) is 17.7 Å². The van der Waals surface area contributed by atoms with Crippen LogP contribution in [0.4, 0.5) is 4.39 Å². The topological polar surface area (TPSA) is 37.2 Å². The Labute approximate surface area is 120 Å². The summed E-state index contributed by atoms with van der Waals surface area (Å²) in [6, 6.07) is 3.95. The first-order valence-electron chi connectivity index (χ1n) is 5.52. The summed E-state index contributed by atoms with van der Waals surface area (Å²) in [5.74, 6) is -0.0120. The first-order chi connectivity index (χ1) is 9.11. The third-order valence-corrected chi connectivity index (χ3v) is 3.10. The molecule has 0 aliphatic carbocycles. The van der Waals surface area contributed by atoms with Crippen molar-refractivity contribution in [3.63, 3.8) is 0 Å². The Morgan fingerprint density at radius 2 is 2.37 bits per heavy atom. The van der Waals surface area contributed by atoms with Gasteiger partial charge in [0.1, 0.15) is 18.2 Å². The third-order valence-electron chi connectivity index (χ3n) is 2.49. The van der Waals surface area contributed by atoms with Gasteiger partial charge in [-0.2, -0.15) is 5.11 Å². The molecule has 0 saturated carbocycles. The fourth-order valence-corrected chi connectivity index (χ4v) is 2.05. The normalized spacial score (nSPS) is 17.9. The van der Waals surface area contributed by atoms with Gasteiger partial charge in [-0.05, 0) is 30.4 Å². The Morgan fingerprint density at radius 3 is 3.05 bits per heavy atom. The second-order valence-electron chi connectivity index (χ2n) is 3.81. The smallest absolute Gasteiger partial charge is 0.218 e. The molecule has 7 heteroatoms. The molecule has 0 saturated heterocycles. The van der Waals surface area contributed by atoms with Crippen LogP contribution in [0.3, 0.4) is 0 Å². The van der Waals surface area contributed by atoms with Crippen molar-refractivity contribution in [2.45, 2.75) is 6.17 Å². The molecule has 1 aromatic rings. The van der Waals surface area contributed by atoms with Gasteiger partial charge in [0.25, 0.3) is 0 Å². The van der Waals surface area contributed by atoms with Crippen LogP contribution in [0.2, 0.25) is 5.02 Å². The van der Waals surface area contributed by atoms with Crippen LogP contribution >= 0.6 is 23.8 Å². The summed E-state index contributed by atoms with van der Waals surface area (Å²) in [6.45, 7) is 4.41. The molecule has 0 N–H and O–H groups in total. The van der Waals surface area contributed by atoms with Gasteiger partial charge in [0.2, 0.25) is 5.11 Å². The van der Waals surface area contributed by atoms with E-state index in [-0.39, 0.29) is 17.8 Å². The lowest BCUT2D eigenvalue weighted by Gasteiger charge is -2.21. The molecule has 1 aliphatic rings. The molecule has 0 bridgehead atoms. The summed E-state index contributed by atoms with van der Waals surface area (Å²) in [5.41, 5.74) is 0. The maximum atomic E-state index is 12.9. The van der Waals surface area contributed by atoms with E-state index in [9.17, 15) is 4.39 Å². The summed E-state index contributed by atoms with van der Waals surface area (Å²) in [6.07, 6.45) is 1.40. The van der Waals surface area contributed by atoms with Crippen LogP contribution in [0.5, 0.6) is 5.75 Å². The lowest BCUT2D eigenvalue weighted by atomic mass is 10.3. The molecule has 1 heterocycles. The number of ether oxygens (including phenoxy) is 1. The zero-order valence-corrected chi connectivity index (χ0v) is 11.5. The van der Waals surface area contributed by atoms with Gasteiger partial charge < -0.3 is 9.64 Å². The van der Waals surface area contributed by atoms with Crippen molar-refractivity contribution in [2.75, 3.05) is 13.2 Å². The molecule has 0 radical (unpaired) electrons. The highest BCUT2D eigenvalue weighted by atomic mass is 35.5. The third kappa shape index (κ3) is 3.27. The quantitative estimate of drug-likeness (QED) is 0.617. The van der Waals surface area contributed by atoms with Gasteiger partial charge in [0.15, 0.2) is 6.17 Å². The van der Waals surface area contributed by atoms with Crippen molar-refractivity contribution in [3.05, 3.63) is 41.7 Å². The molecular formula is C12H11ClFN3OS.